The largest absolute Gasteiger partial charge is 0.322 e. The topological polar surface area (TPSA) is 70.6 Å². The molecule has 0 saturated carbocycles. The maximum atomic E-state index is 12.5. The van der Waals surface area contributed by atoms with E-state index in [-0.39, 0.29) is 16.8 Å². The molecule has 0 aromatic heterocycles. The fourth-order valence-corrected chi connectivity index (χ4v) is 3.87. The van der Waals surface area contributed by atoms with Crippen LogP contribution in [-0.2, 0) is 4.79 Å². The van der Waals surface area contributed by atoms with E-state index in [9.17, 15) is 9.59 Å². The minimum Gasteiger partial charge on any atom is -0.322 e. The first-order valence-corrected chi connectivity index (χ1v) is 12.4. The predicted octanol–water partition coefficient (Wildman–Crippen LogP) is 7.62. The van der Waals surface area contributed by atoms with Crippen LogP contribution in [0.3, 0.4) is 0 Å². The summed E-state index contributed by atoms with van der Waals surface area (Å²) >= 11 is 12.0. The summed E-state index contributed by atoms with van der Waals surface area (Å²) < 4.78 is 0. The van der Waals surface area contributed by atoms with Crippen LogP contribution in [0.2, 0.25) is 10.0 Å². The highest BCUT2D eigenvalue weighted by molar-refractivity contribution is 6.37. The van der Waals surface area contributed by atoms with Crippen molar-refractivity contribution >= 4 is 46.4 Å². The van der Waals surface area contributed by atoms with Crippen LogP contribution in [0.25, 0.3) is 0 Å². The molecule has 0 atom stereocenters. The number of nitrogens with zero attached hydrogens (tertiary/aromatic N) is 1. The predicted molar refractivity (Wildman–Crippen MR) is 138 cm³/mol. The third kappa shape index (κ3) is 9.97. The van der Waals surface area contributed by atoms with E-state index in [2.05, 4.69) is 22.8 Å². The van der Waals surface area contributed by atoms with Crippen molar-refractivity contribution in [3.63, 3.8) is 0 Å². The van der Waals surface area contributed by atoms with Crippen LogP contribution in [-0.4, -0.2) is 17.5 Å². The van der Waals surface area contributed by atoms with E-state index < -0.39 is 0 Å². The number of halogens is 2. The summed E-state index contributed by atoms with van der Waals surface area (Å²) in [5, 5.41) is 7.79. The number of carbonyl (C=O) groups excluding carboxylic acids is 2. The standard InChI is InChI=1S/C26H33Cl2N3O2/c1-3-4-5-6-7-8-9-10-14-25(32)31-30-19(2)20-12-11-13-22(17-20)29-26(33)23-16-15-21(27)18-24(23)28/h11-13,15-18H,3-10,14H2,1-2H3,(H,29,33)(H,31,32). The van der Waals surface area contributed by atoms with E-state index >= 15 is 0 Å². The number of nitrogens with one attached hydrogen (secondary N) is 2. The molecular formula is C26H33Cl2N3O2. The minimum absolute atomic E-state index is 0.0813. The van der Waals surface area contributed by atoms with Crippen molar-refractivity contribution in [1.29, 1.82) is 0 Å². The molecule has 2 aromatic rings. The average molecular weight is 490 g/mol. The molecule has 0 bridgehead atoms. The smallest absolute Gasteiger partial charge is 0.257 e. The van der Waals surface area contributed by atoms with Gasteiger partial charge in [0.25, 0.3) is 5.91 Å². The Balaban J connectivity index is 1.81. The minimum atomic E-state index is -0.331. The van der Waals surface area contributed by atoms with Crippen molar-refractivity contribution in [3.8, 4) is 0 Å². The van der Waals surface area contributed by atoms with E-state index in [0.29, 0.717) is 28.4 Å². The first-order chi connectivity index (χ1) is 15.9. The summed E-state index contributed by atoms with van der Waals surface area (Å²) in [6.07, 6.45) is 10.0. The molecule has 33 heavy (non-hydrogen) atoms. The highest BCUT2D eigenvalue weighted by Crippen LogP contribution is 2.22. The van der Waals surface area contributed by atoms with E-state index in [0.717, 1.165) is 18.4 Å². The van der Waals surface area contributed by atoms with Crippen molar-refractivity contribution in [1.82, 2.24) is 5.43 Å². The molecule has 0 aliphatic carbocycles. The summed E-state index contributed by atoms with van der Waals surface area (Å²) in [6, 6.07) is 12.0. The molecule has 0 spiro atoms. The summed E-state index contributed by atoms with van der Waals surface area (Å²) in [5.41, 5.74) is 5.02. The molecule has 0 radical (unpaired) electrons. The normalized spacial score (nSPS) is 11.3. The van der Waals surface area contributed by atoms with Crippen molar-refractivity contribution < 1.29 is 9.59 Å². The van der Waals surface area contributed by atoms with Gasteiger partial charge in [-0.25, -0.2) is 5.43 Å². The molecule has 2 rings (SSSR count). The van der Waals surface area contributed by atoms with Gasteiger partial charge in [0.05, 0.1) is 16.3 Å². The van der Waals surface area contributed by atoms with E-state index in [4.69, 9.17) is 23.2 Å². The van der Waals surface area contributed by atoms with Gasteiger partial charge in [0.1, 0.15) is 0 Å². The lowest BCUT2D eigenvalue weighted by atomic mass is 10.1. The highest BCUT2D eigenvalue weighted by Gasteiger charge is 2.11. The number of benzene rings is 2. The van der Waals surface area contributed by atoms with Gasteiger partial charge in [-0.3, -0.25) is 9.59 Å². The lowest BCUT2D eigenvalue weighted by Gasteiger charge is -2.09. The van der Waals surface area contributed by atoms with Crippen molar-refractivity contribution in [2.45, 2.75) is 71.6 Å². The van der Waals surface area contributed by atoms with Gasteiger partial charge in [-0.1, -0.05) is 87.2 Å². The molecule has 0 aliphatic rings. The molecule has 178 valence electrons. The third-order valence-corrected chi connectivity index (χ3v) is 5.87. The molecule has 0 aliphatic heterocycles. The SMILES string of the molecule is CCCCCCCCCCC(=O)NN=C(C)c1cccc(NC(=O)c2ccc(Cl)cc2Cl)c1. The van der Waals surface area contributed by atoms with Crippen LogP contribution in [0.1, 0.15) is 87.6 Å². The molecule has 7 heteroatoms. The zero-order valence-electron chi connectivity index (χ0n) is 19.4. The second-order valence-electron chi connectivity index (χ2n) is 8.12. The molecular weight excluding hydrogens is 457 g/mol. The Morgan fingerprint density at radius 3 is 2.30 bits per heavy atom. The molecule has 0 heterocycles. The number of unbranched alkanes of at least 4 members (excludes halogenated alkanes) is 7. The van der Waals surface area contributed by atoms with E-state index in [1.807, 2.05) is 19.1 Å². The van der Waals surface area contributed by atoms with Crippen LogP contribution in [0.5, 0.6) is 0 Å². The maximum Gasteiger partial charge on any atom is 0.257 e. The second kappa shape index (κ2) is 14.7. The molecule has 0 unspecified atom stereocenters. The van der Waals surface area contributed by atoms with Gasteiger partial charge in [-0.15, -0.1) is 0 Å². The molecule has 2 aromatic carbocycles. The Bertz CT molecular complexity index is 960. The Morgan fingerprint density at radius 2 is 1.61 bits per heavy atom. The van der Waals surface area contributed by atoms with Gasteiger partial charge < -0.3 is 5.32 Å². The van der Waals surface area contributed by atoms with Crippen LogP contribution < -0.4 is 10.7 Å². The first kappa shape index (κ1) is 26.9. The van der Waals surface area contributed by atoms with Crippen molar-refractivity contribution in [3.05, 3.63) is 63.6 Å². The zero-order chi connectivity index (χ0) is 24.1. The number of carbonyl (C=O) groups is 2. The maximum absolute atomic E-state index is 12.5. The average Bonchev–Trinajstić information content (AvgIpc) is 2.79. The number of amides is 2. The van der Waals surface area contributed by atoms with E-state index in [1.54, 1.807) is 24.3 Å². The van der Waals surface area contributed by atoms with Crippen LogP contribution >= 0.6 is 23.2 Å². The lowest BCUT2D eigenvalue weighted by Crippen LogP contribution is -2.19. The van der Waals surface area contributed by atoms with Gasteiger partial charge in [-0.2, -0.15) is 5.10 Å². The Labute approximate surface area is 206 Å². The fourth-order valence-electron chi connectivity index (χ4n) is 3.38. The van der Waals surface area contributed by atoms with Crippen LogP contribution in [0.15, 0.2) is 47.6 Å². The number of anilines is 1. The van der Waals surface area contributed by atoms with Crippen molar-refractivity contribution in [2.24, 2.45) is 5.10 Å². The molecule has 0 saturated heterocycles. The quantitative estimate of drug-likeness (QED) is 0.172. The Hall–Kier alpha value is -2.37. The Kier molecular flexibility index (Phi) is 12.0. The van der Waals surface area contributed by atoms with Gasteiger partial charge >= 0.3 is 0 Å². The first-order valence-electron chi connectivity index (χ1n) is 11.6. The number of hydrogen-bond acceptors (Lipinski definition) is 3. The molecule has 5 nitrogen and oxygen atoms in total. The van der Waals surface area contributed by atoms with Gasteiger partial charge in [0.15, 0.2) is 0 Å². The molecule has 2 N–H and O–H groups in total. The third-order valence-electron chi connectivity index (χ3n) is 5.32. The molecule has 0 fully saturated rings. The zero-order valence-corrected chi connectivity index (χ0v) is 20.9. The highest BCUT2D eigenvalue weighted by atomic mass is 35.5. The Morgan fingerprint density at radius 1 is 0.909 bits per heavy atom. The number of rotatable bonds is 13. The summed E-state index contributed by atoms with van der Waals surface area (Å²) in [7, 11) is 0. The number of hydrazone groups is 1. The van der Waals surface area contributed by atoms with Gasteiger partial charge in [-0.05, 0) is 49.2 Å². The van der Waals surface area contributed by atoms with Crippen molar-refractivity contribution in [2.75, 3.05) is 5.32 Å². The molecule has 2 amide bonds. The summed E-state index contributed by atoms with van der Waals surface area (Å²) in [4.78, 5) is 24.6. The second-order valence-corrected chi connectivity index (χ2v) is 8.96. The van der Waals surface area contributed by atoms with Crippen LogP contribution in [0.4, 0.5) is 5.69 Å². The summed E-state index contributed by atoms with van der Waals surface area (Å²) in [6.45, 7) is 4.03. The lowest BCUT2D eigenvalue weighted by molar-refractivity contribution is -0.121. The van der Waals surface area contributed by atoms with Gasteiger partial charge in [0.2, 0.25) is 5.91 Å². The van der Waals surface area contributed by atoms with E-state index in [1.165, 1.54) is 44.6 Å². The number of hydrogen-bond donors (Lipinski definition) is 2. The fraction of sp³-hybridized carbons (Fsp3) is 0.423. The van der Waals surface area contributed by atoms with Gasteiger partial charge in [0, 0.05) is 17.1 Å². The van der Waals surface area contributed by atoms with Crippen LogP contribution in [0, 0.1) is 0 Å². The summed E-state index contributed by atoms with van der Waals surface area (Å²) in [5.74, 6) is -0.413. The monoisotopic (exact) mass is 489 g/mol.